The fourth-order valence-corrected chi connectivity index (χ4v) is 1.33. The summed E-state index contributed by atoms with van der Waals surface area (Å²) < 4.78 is 42.7. The van der Waals surface area contributed by atoms with Crippen molar-refractivity contribution in [2.45, 2.75) is 18.6 Å². The van der Waals surface area contributed by atoms with Crippen LogP contribution in [0.1, 0.15) is 6.92 Å². The van der Waals surface area contributed by atoms with Crippen LogP contribution in [-0.2, 0) is 4.79 Å². The minimum absolute atomic E-state index is 0.0147. The van der Waals surface area contributed by atoms with E-state index in [9.17, 15) is 18.0 Å². The number of benzene rings is 1. The predicted molar refractivity (Wildman–Crippen MR) is 65.3 cm³/mol. The van der Waals surface area contributed by atoms with Crippen LogP contribution < -0.4 is 15.8 Å². The van der Waals surface area contributed by atoms with Gasteiger partial charge in [-0.05, 0) is 25.1 Å². The lowest BCUT2D eigenvalue weighted by Crippen LogP contribution is -2.59. The molecule has 0 aliphatic rings. The van der Waals surface area contributed by atoms with Crippen LogP contribution in [0.5, 0.6) is 5.75 Å². The SMILES string of the molecule is COc1ccc(Cl)cc1NC(=O)C(C)(N)C(F)(F)F. The van der Waals surface area contributed by atoms with Crippen LogP contribution >= 0.6 is 11.6 Å². The number of halogens is 4. The molecule has 0 spiro atoms. The Hall–Kier alpha value is -1.47. The summed E-state index contributed by atoms with van der Waals surface area (Å²) >= 11 is 5.70. The second kappa shape index (κ2) is 5.26. The van der Waals surface area contributed by atoms with Gasteiger partial charge in [0.05, 0.1) is 12.8 Å². The van der Waals surface area contributed by atoms with Crippen molar-refractivity contribution in [3.63, 3.8) is 0 Å². The first-order valence-corrected chi connectivity index (χ1v) is 5.48. The molecule has 0 saturated heterocycles. The third-order valence-corrected chi connectivity index (χ3v) is 2.71. The van der Waals surface area contributed by atoms with E-state index in [0.29, 0.717) is 6.92 Å². The summed E-state index contributed by atoms with van der Waals surface area (Å²) in [6.45, 7) is 0.583. The second-order valence-corrected chi connectivity index (χ2v) is 4.44. The lowest BCUT2D eigenvalue weighted by atomic mass is 10.0. The van der Waals surface area contributed by atoms with Gasteiger partial charge in [-0.15, -0.1) is 0 Å². The van der Waals surface area contributed by atoms with Gasteiger partial charge in [-0.2, -0.15) is 13.2 Å². The van der Waals surface area contributed by atoms with E-state index in [2.05, 4.69) is 5.32 Å². The number of nitrogens with one attached hydrogen (secondary N) is 1. The molecule has 0 heterocycles. The second-order valence-electron chi connectivity index (χ2n) is 4.00. The zero-order valence-corrected chi connectivity index (χ0v) is 10.9. The zero-order valence-electron chi connectivity index (χ0n) is 10.1. The summed E-state index contributed by atoms with van der Waals surface area (Å²) in [6.07, 6.45) is -4.87. The molecule has 0 aliphatic heterocycles. The number of carbonyl (C=O) groups is 1. The van der Waals surface area contributed by atoms with Crippen molar-refractivity contribution in [2.75, 3.05) is 12.4 Å². The Morgan fingerprint density at radius 1 is 1.42 bits per heavy atom. The molecular formula is C11H12ClF3N2O2. The minimum atomic E-state index is -4.87. The molecule has 106 valence electrons. The van der Waals surface area contributed by atoms with Crippen molar-refractivity contribution in [1.82, 2.24) is 0 Å². The van der Waals surface area contributed by atoms with Gasteiger partial charge < -0.3 is 15.8 Å². The third-order valence-electron chi connectivity index (χ3n) is 2.47. The van der Waals surface area contributed by atoms with E-state index in [4.69, 9.17) is 22.1 Å². The molecule has 0 saturated carbocycles. The molecule has 1 aromatic rings. The van der Waals surface area contributed by atoms with Crippen LogP contribution in [0.2, 0.25) is 5.02 Å². The Balaban J connectivity index is 3.03. The van der Waals surface area contributed by atoms with E-state index in [1.807, 2.05) is 0 Å². The van der Waals surface area contributed by atoms with E-state index in [0.717, 1.165) is 0 Å². The standard InChI is InChI=1S/C11H12ClF3N2O2/c1-10(16,11(13,14)15)9(18)17-7-5-6(12)3-4-8(7)19-2/h3-5H,16H2,1-2H3,(H,17,18). The largest absolute Gasteiger partial charge is 0.495 e. The normalized spacial score (nSPS) is 14.7. The van der Waals surface area contributed by atoms with Crippen LogP contribution in [0, 0.1) is 0 Å². The average Bonchev–Trinajstić information content (AvgIpc) is 2.27. The average molecular weight is 297 g/mol. The molecule has 4 nitrogen and oxygen atoms in total. The van der Waals surface area contributed by atoms with Crippen molar-refractivity contribution < 1.29 is 22.7 Å². The number of anilines is 1. The number of hydrogen-bond acceptors (Lipinski definition) is 3. The molecule has 1 aromatic carbocycles. The number of nitrogens with two attached hydrogens (primary N) is 1. The Kier molecular flexibility index (Phi) is 4.32. The van der Waals surface area contributed by atoms with Crippen LogP contribution in [0.3, 0.4) is 0 Å². The van der Waals surface area contributed by atoms with Gasteiger partial charge in [0, 0.05) is 5.02 Å². The van der Waals surface area contributed by atoms with Crippen molar-refractivity contribution >= 4 is 23.2 Å². The molecule has 1 unspecified atom stereocenters. The van der Waals surface area contributed by atoms with Gasteiger partial charge in [-0.25, -0.2) is 0 Å². The summed E-state index contributed by atoms with van der Waals surface area (Å²) in [5.41, 5.74) is 2.01. The molecule has 0 radical (unpaired) electrons. The van der Waals surface area contributed by atoms with Gasteiger partial charge in [0.1, 0.15) is 5.75 Å². The molecule has 0 aliphatic carbocycles. The van der Waals surface area contributed by atoms with Gasteiger partial charge in [0.15, 0.2) is 5.54 Å². The Morgan fingerprint density at radius 3 is 2.47 bits per heavy atom. The molecular weight excluding hydrogens is 285 g/mol. The number of amides is 1. The highest BCUT2D eigenvalue weighted by Gasteiger charge is 2.54. The third kappa shape index (κ3) is 3.30. The molecule has 1 amide bonds. The van der Waals surface area contributed by atoms with Gasteiger partial charge >= 0.3 is 6.18 Å². The monoisotopic (exact) mass is 296 g/mol. The van der Waals surface area contributed by atoms with Crippen molar-refractivity contribution in [1.29, 1.82) is 0 Å². The van der Waals surface area contributed by atoms with Gasteiger partial charge in [-0.3, -0.25) is 4.79 Å². The summed E-state index contributed by atoms with van der Waals surface area (Å²) in [5.74, 6) is -1.23. The van der Waals surface area contributed by atoms with Gasteiger partial charge in [-0.1, -0.05) is 11.6 Å². The maximum absolute atomic E-state index is 12.6. The van der Waals surface area contributed by atoms with Crippen LogP contribution in [-0.4, -0.2) is 24.7 Å². The van der Waals surface area contributed by atoms with Gasteiger partial charge in [0.25, 0.3) is 5.91 Å². The molecule has 1 rings (SSSR count). The van der Waals surface area contributed by atoms with Crippen LogP contribution in [0.15, 0.2) is 18.2 Å². The summed E-state index contributed by atoms with van der Waals surface area (Å²) in [4.78, 5) is 11.6. The summed E-state index contributed by atoms with van der Waals surface area (Å²) in [6, 6.07) is 4.16. The molecule has 8 heteroatoms. The highest BCUT2D eigenvalue weighted by atomic mass is 35.5. The minimum Gasteiger partial charge on any atom is -0.495 e. The molecule has 3 N–H and O–H groups in total. The first kappa shape index (κ1) is 15.6. The van der Waals surface area contributed by atoms with Crippen molar-refractivity contribution in [3.8, 4) is 5.75 Å². The Bertz CT molecular complexity index is 489. The summed E-state index contributed by atoms with van der Waals surface area (Å²) in [7, 11) is 1.31. The lowest BCUT2D eigenvalue weighted by Gasteiger charge is -2.26. The van der Waals surface area contributed by atoms with E-state index in [-0.39, 0.29) is 16.5 Å². The predicted octanol–water partition coefficient (Wildman–Crippen LogP) is 2.57. The lowest BCUT2D eigenvalue weighted by molar-refractivity contribution is -0.184. The van der Waals surface area contributed by atoms with E-state index >= 15 is 0 Å². The maximum Gasteiger partial charge on any atom is 0.415 e. The summed E-state index contributed by atoms with van der Waals surface area (Å²) in [5, 5.41) is 2.29. The maximum atomic E-state index is 12.6. The van der Waals surface area contributed by atoms with E-state index in [1.165, 1.54) is 25.3 Å². The zero-order chi connectivity index (χ0) is 14.8. The fraction of sp³-hybridized carbons (Fsp3) is 0.364. The fourth-order valence-electron chi connectivity index (χ4n) is 1.16. The van der Waals surface area contributed by atoms with Gasteiger partial charge in [0.2, 0.25) is 0 Å². The quantitative estimate of drug-likeness (QED) is 0.901. The van der Waals surface area contributed by atoms with E-state index < -0.39 is 17.6 Å². The number of rotatable bonds is 3. The Morgan fingerprint density at radius 2 is 2.00 bits per heavy atom. The van der Waals surface area contributed by atoms with E-state index in [1.54, 1.807) is 0 Å². The number of methoxy groups -OCH3 is 1. The molecule has 1 atom stereocenters. The number of alkyl halides is 3. The first-order chi connectivity index (χ1) is 8.59. The van der Waals surface area contributed by atoms with Crippen molar-refractivity contribution in [3.05, 3.63) is 23.2 Å². The number of hydrogen-bond donors (Lipinski definition) is 2. The molecule has 0 bridgehead atoms. The van der Waals surface area contributed by atoms with Crippen LogP contribution in [0.4, 0.5) is 18.9 Å². The number of ether oxygens (including phenoxy) is 1. The highest BCUT2D eigenvalue weighted by Crippen LogP contribution is 2.32. The number of carbonyl (C=O) groups excluding carboxylic acids is 1. The van der Waals surface area contributed by atoms with Crippen molar-refractivity contribution in [2.24, 2.45) is 5.73 Å². The Labute approximate surface area is 112 Å². The molecule has 0 aromatic heterocycles. The smallest absolute Gasteiger partial charge is 0.415 e. The van der Waals surface area contributed by atoms with Crippen LogP contribution in [0.25, 0.3) is 0 Å². The highest BCUT2D eigenvalue weighted by molar-refractivity contribution is 6.31. The molecule has 19 heavy (non-hydrogen) atoms. The topological polar surface area (TPSA) is 64.3 Å². The molecule has 0 fully saturated rings. The first-order valence-electron chi connectivity index (χ1n) is 5.10.